The van der Waals surface area contributed by atoms with E-state index in [1.165, 1.54) is 38.8 Å². The molecule has 0 spiro atoms. The Balaban J connectivity index is 1.76. The van der Waals surface area contributed by atoms with Crippen molar-refractivity contribution in [1.82, 2.24) is 4.98 Å². The summed E-state index contributed by atoms with van der Waals surface area (Å²) in [4.78, 5) is 4.80. The smallest absolute Gasteiger partial charge is 0.161 e. The summed E-state index contributed by atoms with van der Waals surface area (Å²) >= 11 is 0. The summed E-state index contributed by atoms with van der Waals surface area (Å²) in [5, 5.41) is 1.21. The van der Waals surface area contributed by atoms with Crippen LogP contribution in [0.3, 0.4) is 0 Å². The number of pyridine rings is 1. The Morgan fingerprint density at radius 3 is 2.27 bits per heavy atom. The Morgan fingerprint density at radius 1 is 0.733 bits per heavy atom. The predicted molar refractivity (Wildman–Crippen MR) is 123 cm³/mol. The topological polar surface area (TPSA) is 31.4 Å². The first-order valence-electron chi connectivity index (χ1n) is 10.0. The largest absolute Gasteiger partial charge is 0.493 e. The van der Waals surface area contributed by atoms with Gasteiger partial charge in [-0.3, -0.25) is 4.98 Å². The van der Waals surface area contributed by atoms with Crippen molar-refractivity contribution in [2.75, 3.05) is 14.2 Å². The molecule has 1 aliphatic carbocycles. The molecule has 0 fully saturated rings. The Bertz CT molecular complexity index is 1330. The fourth-order valence-electron chi connectivity index (χ4n) is 4.42. The molecule has 5 rings (SSSR count). The van der Waals surface area contributed by atoms with E-state index in [4.69, 9.17) is 14.5 Å². The van der Waals surface area contributed by atoms with Crippen LogP contribution in [-0.2, 0) is 0 Å². The lowest BCUT2D eigenvalue weighted by atomic mass is 9.98. The van der Waals surface area contributed by atoms with Crippen LogP contribution in [0.2, 0.25) is 0 Å². The van der Waals surface area contributed by atoms with Crippen molar-refractivity contribution in [2.45, 2.75) is 13.8 Å². The molecule has 4 aromatic rings. The van der Waals surface area contributed by atoms with E-state index in [2.05, 4.69) is 68.5 Å². The number of rotatable bonds is 3. The molecule has 1 heterocycles. The van der Waals surface area contributed by atoms with Crippen molar-refractivity contribution in [3.05, 3.63) is 88.6 Å². The van der Waals surface area contributed by atoms with Gasteiger partial charge in [0.2, 0.25) is 0 Å². The number of benzene rings is 3. The van der Waals surface area contributed by atoms with Crippen LogP contribution in [0.5, 0.6) is 11.5 Å². The normalized spacial score (nSPS) is 13.4. The second-order valence-electron chi connectivity index (χ2n) is 7.71. The molecule has 1 aliphatic rings. The average Bonchev–Trinajstić information content (AvgIpc) is 3.05. The highest BCUT2D eigenvalue weighted by atomic mass is 16.5. The Kier molecular flexibility index (Phi) is 4.32. The van der Waals surface area contributed by atoms with E-state index in [1.807, 2.05) is 12.1 Å². The number of hydrogen-bond donors (Lipinski definition) is 0. The zero-order valence-electron chi connectivity index (χ0n) is 17.6. The molecule has 1 aromatic heterocycles. The number of ether oxygens (including phenoxy) is 2. The van der Waals surface area contributed by atoms with Crippen molar-refractivity contribution in [3.8, 4) is 22.6 Å². The van der Waals surface area contributed by atoms with Crippen LogP contribution in [-0.4, -0.2) is 19.2 Å². The Hall–Kier alpha value is -3.59. The van der Waals surface area contributed by atoms with E-state index in [9.17, 15) is 0 Å². The van der Waals surface area contributed by atoms with E-state index in [1.54, 1.807) is 14.2 Å². The highest BCUT2D eigenvalue weighted by Crippen LogP contribution is 2.46. The standard InChI is InChI=1S/C27H23NO2/c1-16-11-17(2)28-25-15-24-22(12-18-9-10-26(29-3)27(13-18)30-4)19-7-5-6-8-20(19)23(24)14-21(16)25/h5-15H,1-4H3/b22-12-. The highest BCUT2D eigenvalue weighted by Gasteiger charge is 2.24. The molecule has 0 saturated heterocycles. The lowest BCUT2D eigenvalue weighted by molar-refractivity contribution is 0.355. The van der Waals surface area contributed by atoms with Gasteiger partial charge in [-0.15, -0.1) is 0 Å². The molecule has 3 heteroatoms. The van der Waals surface area contributed by atoms with Gasteiger partial charge in [0.15, 0.2) is 11.5 Å². The molecule has 0 radical (unpaired) electrons. The first kappa shape index (κ1) is 18.4. The van der Waals surface area contributed by atoms with Gasteiger partial charge in [-0.1, -0.05) is 30.3 Å². The number of aromatic nitrogens is 1. The fraction of sp³-hybridized carbons (Fsp3) is 0.148. The molecule has 0 saturated carbocycles. The molecule has 0 unspecified atom stereocenters. The van der Waals surface area contributed by atoms with E-state index >= 15 is 0 Å². The third-order valence-electron chi connectivity index (χ3n) is 5.80. The number of aryl methyl sites for hydroxylation is 2. The molecule has 0 bridgehead atoms. The Morgan fingerprint density at radius 2 is 1.50 bits per heavy atom. The van der Waals surface area contributed by atoms with Crippen molar-refractivity contribution in [1.29, 1.82) is 0 Å². The zero-order chi connectivity index (χ0) is 20.8. The van der Waals surface area contributed by atoms with Crippen molar-refractivity contribution < 1.29 is 9.47 Å². The van der Waals surface area contributed by atoms with Crippen molar-refractivity contribution in [3.63, 3.8) is 0 Å². The summed E-state index contributed by atoms with van der Waals surface area (Å²) in [5.74, 6) is 1.46. The van der Waals surface area contributed by atoms with Crippen LogP contribution >= 0.6 is 0 Å². The van der Waals surface area contributed by atoms with Crippen LogP contribution in [0.1, 0.15) is 27.9 Å². The van der Waals surface area contributed by atoms with Gasteiger partial charge in [0, 0.05) is 11.1 Å². The highest BCUT2D eigenvalue weighted by molar-refractivity contribution is 6.09. The van der Waals surface area contributed by atoms with E-state index in [0.29, 0.717) is 0 Å². The van der Waals surface area contributed by atoms with Gasteiger partial charge in [0.1, 0.15) is 0 Å². The maximum atomic E-state index is 5.50. The summed E-state index contributed by atoms with van der Waals surface area (Å²) in [6.07, 6.45) is 2.22. The van der Waals surface area contributed by atoms with Gasteiger partial charge < -0.3 is 9.47 Å². The second-order valence-corrected chi connectivity index (χ2v) is 7.71. The fourth-order valence-corrected chi connectivity index (χ4v) is 4.42. The summed E-state index contributed by atoms with van der Waals surface area (Å²) < 4.78 is 10.9. The molecular formula is C27H23NO2. The van der Waals surface area contributed by atoms with Gasteiger partial charge in [-0.25, -0.2) is 0 Å². The number of methoxy groups -OCH3 is 2. The maximum Gasteiger partial charge on any atom is 0.161 e. The van der Waals surface area contributed by atoms with Crippen LogP contribution in [0.4, 0.5) is 0 Å². The minimum absolute atomic E-state index is 0.727. The molecule has 30 heavy (non-hydrogen) atoms. The van der Waals surface area contributed by atoms with Crippen LogP contribution in [0.25, 0.3) is 33.7 Å². The number of nitrogens with zero attached hydrogens (tertiary/aromatic N) is 1. The van der Waals surface area contributed by atoms with Gasteiger partial charge in [-0.05, 0) is 89.2 Å². The minimum atomic E-state index is 0.727. The molecule has 0 amide bonds. The van der Waals surface area contributed by atoms with Crippen molar-refractivity contribution >= 4 is 22.6 Å². The van der Waals surface area contributed by atoms with E-state index < -0.39 is 0 Å². The quantitative estimate of drug-likeness (QED) is 0.353. The summed E-state index contributed by atoms with van der Waals surface area (Å²) in [6.45, 7) is 4.21. The molecule has 0 N–H and O–H groups in total. The lowest BCUT2D eigenvalue weighted by Gasteiger charge is -2.10. The second kappa shape index (κ2) is 7.03. The van der Waals surface area contributed by atoms with Crippen LogP contribution < -0.4 is 9.47 Å². The van der Waals surface area contributed by atoms with Crippen LogP contribution in [0.15, 0.2) is 60.7 Å². The third-order valence-corrected chi connectivity index (χ3v) is 5.80. The lowest BCUT2D eigenvalue weighted by Crippen LogP contribution is -1.91. The minimum Gasteiger partial charge on any atom is -0.493 e. The zero-order valence-corrected chi connectivity index (χ0v) is 17.6. The average molecular weight is 393 g/mol. The van der Waals surface area contributed by atoms with E-state index in [0.717, 1.165) is 28.3 Å². The summed E-state index contributed by atoms with van der Waals surface area (Å²) in [5.41, 5.74) is 10.6. The third kappa shape index (κ3) is 2.86. The van der Waals surface area contributed by atoms with Gasteiger partial charge in [0.25, 0.3) is 0 Å². The molecule has 3 aromatic carbocycles. The number of hydrogen-bond acceptors (Lipinski definition) is 3. The first-order chi connectivity index (χ1) is 14.6. The number of fused-ring (bicyclic) bond motifs is 4. The van der Waals surface area contributed by atoms with Crippen LogP contribution in [0, 0.1) is 13.8 Å². The van der Waals surface area contributed by atoms with Crippen molar-refractivity contribution in [2.24, 2.45) is 0 Å². The van der Waals surface area contributed by atoms with Gasteiger partial charge in [0.05, 0.1) is 19.7 Å². The molecule has 3 nitrogen and oxygen atoms in total. The van der Waals surface area contributed by atoms with Gasteiger partial charge >= 0.3 is 0 Å². The molecule has 0 atom stereocenters. The molecule has 0 aliphatic heterocycles. The van der Waals surface area contributed by atoms with E-state index in [-0.39, 0.29) is 0 Å². The van der Waals surface area contributed by atoms with Gasteiger partial charge in [-0.2, -0.15) is 0 Å². The molecular weight excluding hydrogens is 370 g/mol. The summed E-state index contributed by atoms with van der Waals surface area (Å²) in [6, 6.07) is 21.3. The molecule has 148 valence electrons. The summed E-state index contributed by atoms with van der Waals surface area (Å²) in [7, 11) is 3.32. The first-order valence-corrected chi connectivity index (χ1v) is 10.0. The maximum absolute atomic E-state index is 5.50. The monoisotopic (exact) mass is 393 g/mol. The Labute approximate surface area is 176 Å². The predicted octanol–water partition coefficient (Wildman–Crippen LogP) is 6.44. The SMILES string of the molecule is COc1ccc(/C=C2/c3ccccc3-c3cc4c(C)cc(C)nc4cc32)cc1OC.